The van der Waals surface area contributed by atoms with E-state index in [2.05, 4.69) is 5.32 Å². The molecule has 0 bridgehead atoms. The lowest BCUT2D eigenvalue weighted by Crippen LogP contribution is -2.16. The van der Waals surface area contributed by atoms with Gasteiger partial charge >= 0.3 is 0 Å². The maximum atomic E-state index is 13.6. The lowest BCUT2D eigenvalue weighted by molar-refractivity contribution is -0.116. The Bertz CT molecular complexity index is 410. The number of anilines is 1. The topological polar surface area (TPSA) is 64.3 Å². The first-order valence-electron chi connectivity index (χ1n) is 5.88. The zero-order chi connectivity index (χ0) is 13.5. The quantitative estimate of drug-likeness (QED) is 0.816. The predicted molar refractivity (Wildman–Crippen MR) is 68.6 cm³/mol. The Morgan fingerprint density at radius 3 is 2.83 bits per heavy atom. The Morgan fingerprint density at radius 1 is 1.56 bits per heavy atom. The van der Waals surface area contributed by atoms with E-state index >= 15 is 0 Å². The van der Waals surface area contributed by atoms with E-state index in [0.717, 1.165) is 0 Å². The third-order valence-corrected chi connectivity index (χ3v) is 2.72. The zero-order valence-corrected chi connectivity index (χ0v) is 10.7. The fraction of sp³-hybridized carbons (Fsp3) is 0.462. The van der Waals surface area contributed by atoms with Crippen molar-refractivity contribution in [2.24, 2.45) is 5.73 Å². The summed E-state index contributed by atoms with van der Waals surface area (Å²) in [6.45, 7) is 2.15. The van der Waals surface area contributed by atoms with Gasteiger partial charge in [-0.1, -0.05) is 6.07 Å². The van der Waals surface area contributed by atoms with Crippen molar-refractivity contribution in [1.29, 1.82) is 0 Å². The minimum Gasteiger partial charge on any atom is -0.382 e. The van der Waals surface area contributed by atoms with Gasteiger partial charge in [0.25, 0.3) is 0 Å². The van der Waals surface area contributed by atoms with E-state index in [-0.39, 0.29) is 24.2 Å². The average Bonchev–Trinajstić information content (AvgIpc) is 2.38. The van der Waals surface area contributed by atoms with Gasteiger partial charge in [0.1, 0.15) is 5.82 Å². The first-order valence-corrected chi connectivity index (χ1v) is 5.88. The molecule has 0 saturated heterocycles. The van der Waals surface area contributed by atoms with E-state index in [0.29, 0.717) is 18.4 Å². The second-order valence-corrected chi connectivity index (χ2v) is 4.15. The number of hydrogen-bond acceptors (Lipinski definition) is 3. The van der Waals surface area contributed by atoms with Crippen LogP contribution in [0.25, 0.3) is 0 Å². The largest absolute Gasteiger partial charge is 0.382 e. The number of benzene rings is 1. The van der Waals surface area contributed by atoms with E-state index < -0.39 is 5.82 Å². The highest BCUT2D eigenvalue weighted by Gasteiger charge is 2.09. The first-order chi connectivity index (χ1) is 8.56. The Hall–Kier alpha value is -1.46. The number of halogens is 1. The number of rotatable bonds is 6. The molecule has 1 unspecified atom stereocenters. The molecule has 0 aliphatic heterocycles. The molecule has 1 aromatic rings. The van der Waals surface area contributed by atoms with Gasteiger partial charge in [-0.05, 0) is 31.0 Å². The van der Waals surface area contributed by atoms with Crippen molar-refractivity contribution in [3.05, 3.63) is 29.6 Å². The van der Waals surface area contributed by atoms with Gasteiger partial charge in [0.2, 0.25) is 5.91 Å². The molecular weight excluding hydrogens is 235 g/mol. The number of ether oxygens (including phenoxy) is 1. The highest BCUT2D eigenvalue weighted by molar-refractivity contribution is 5.90. The fourth-order valence-corrected chi connectivity index (χ4v) is 1.45. The van der Waals surface area contributed by atoms with Crippen molar-refractivity contribution < 1.29 is 13.9 Å². The molecule has 1 rings (SSSR count). The number of nitrogens with one attached hydrogen (secondary N) is 1. The van der Waals surface area contributed by atoms with Crippen molar-refractivity contribution >= 4 is 11.6 Å². The van der Waals surface area contributed by atoms with Gasteiger partial charge in [-0.15, -0.1) is 0 Å². The van der Waals surface area contributed by atoms with Gasteiger partial charge in [-0.25, -0.2) is 4.39 Å². The first kappa shape index (κ1) is 14.6. The second kappa shape index (κ2) is 7.08. The van der Waals surface area contributed by atoms with Crippen LogP contribution in [0.15, 0.2) is 18.2 Å². The summed E-state index contributed by atoms with van der Waals surface area (Å²) in [6.07, 6.45) is 0.915. The summed E-state index contributed by atoms with van der Waals surface area (Å²) < 4.78 is 18.6. The summed E-state index contributed by atoms with van der Waals surface area (Å²) in [5, 5.41) is 2.53. The van der Waals surface area contributed by atoms with Crippen molar-refractivity contribution in [3.8, 4) is 0 Å². The van der Waals surface area contributed by atoms with E-state index in [1.165, 1.54) is 12.1 Å². The monoisotopic (exact) mass is 254 g/mol. The van der Waals surface area contributed by atoms with Crippen LogP contribution in [0, 0.1) is 5.82 Å². The number of methoxy groups -OCH3 is 1. The SMILES string of the molecule is COC(C)CCC(=O)Nc1ccc(CN)cc1F. The van der Waals surface area contributed by atoms with Crippen molar-refractivity contribution in [2.45, 2.75) is 32.4 Å². The maximum Gasteiger partial charge on any atom is 0.224 e. The van der Waals surface area contributed by atoms with Gasteiger partial charge in [0.15, 0.2) is 0 Å². The van der Waals surface area contributed by atoms with Gasteiger partial charge in [0.05, 0.1) is 11.8 Å². The molecule has 3 N–H and O–H groups in total. The number of carbonyl (C=O) groups excluding carboxylic acids is 1. The van der Waals surface area contributed by atoms with Crippen LogP contribution < -0.4 is 11.1 Å². The van der Waals surface area contributed by atoms with E-state index in [1.807, 2.05) is 6.92 Å². The lowest BCUT2D eigenvalue weighted by Gasteiger charge is -2.10. The molecule has 0 saturated carbocycles. The van der Waals surface area contributed by atoms with Gasteiger partial charge in [-0.3, -0.25) is 4.79 Å². The molecule has 18 heavy (non-hydrogen) atoms. The lowest BCUT2D eigenvalue weighted by atomic mass is 10.2. The molecule has 0 spiro atoms. The minimum atomic E-state index is -0.467. The molecule has 1 atom stereocenters. The van der Waals surface area contributed by atoms with Crippen LogP contribution in [-0.2, 0) is 16.1 Å². The second-order valence-electron chi connectivity index (χ2n) is 4.15. The molecule has 1 aromatic carbocycles. The zero-order valence-electron chi connectivity index (χ0n) is 10.7. The molecular formula is C13H19FN2O2. The number of amides is 1. The molecule has 0 heterocycles. The number of hydrogen-bond donors (Lipinski definition) is 2. The molecule has 4 nitrogen and oxygen atoms in total. The highest BCUT2D eigenvalue weighted by Crippen LogP contribution is 2.16. The normalized spacial score (nSPS) is 12.2. The summed E-state index contributed by atoms with van der Waals surface area (Å²) in [6, 6.07) is 4.54. The third kappa shape index (κ3) is 4.43. The van der Waals surface area contributed by atoms with E-state index in [4.69, 9.17) is 10.5 Å². The smallest absolute Gasteiger partial charge is 0.224 e. The van der Waals surface area contributed by atoms with Crippen LogP contribution in [0.5, 0.6) is 0 Å². The summed E-state index contributed by atoms with van der Waals surface area (Å²) >= 11 is 0. The predicted octanol–water partition coefficient (Wildman–Crippen LogP) is 2.04. The van der Waals surface area contributed by atoms with Crippen LogP contribution in [0.1, 0.15) is 25.3 Å². The Morgan fingerprint density at radius 2 is 2.28 bits per heavy atom. The van der Waals surface area contributed by atoms with E-state index in [1.54, 1.807) is 13.2 Å². The van der Waals surface area contributed by atoms with Gasteiger partial charge in [0, 0.05) is 20.1 Å². The van der Waals surface area contributed by atoms with Gasteiger partial charge < -0.3 is 15.8 Å². The van der Waals surface area contributed by atoms with Crippen LogP contribution in [0.4, 0.5) is 10.1 Å². The van der Waals surface area contributed by atoms with Crippen LogP contribution in [-0.4, -0.2) is 19.1 Å². The van der Waals surface area contributed by atoms with Crippen LogP contribution in [0.3, 0.4) is 0 Å². The maximum absolute atomic E-state index is 13.6. The molecule has 0 aliphatic rings. The Balaban J connectivity index is 2.54. The van der Waals surface area contributed by atoms with Crippen LogP contribution >= 0.6 is 0 Å². The molecule has 0 aliphatic carbocycles. The van der Waals surface area contributed by atoms with Crippen molar-refractivity contribution in [2.75, 3.05) is 12.4 Å². The molecule has 0 fully saturated rings. The van der Waals surface area contributed by atoms with E-state index in [9.17, 15) is 9.18 Å². The summed E-state index contributed by atoms with van der Waals surface area (Å²) in [5.74, 6) is -0.690. The summed E-state index contributed by atoms with van der Waals surface area (Å²) in [5.41, 5.74) is 6.27. The minimum absolute atomic E-state index is 0.0141. The number of nitrogens with two attached hydrogens (primary N) is 1. The fourth-order valence-electron chi connectivity index (χ4n) is 1.45. The highest BCUT2D eigenvalue weighted by atomic mass is 19.1. The molecule has 5 heteroatoms. The molecule has 1 amide bonds. The molecule has 100 valence electrons. The standard InChI is InChI=1S/C13H19FN2O2/c1-9(18-2)3-6-13(17)16-12-5-4-10(8-15)7-11(12)14/h4-5,7,9H,3,6,8,15H2,1-2H3,(H,16,17). The van der Waals surface area contributed by atoms with Crippen molar-refractivity contribution in [1.82, 2.24) is 0 Å². The third-order valence-electron chi connectivity index (χ3n) is 2.72. The Kier molecular flexibility index (Phi) is 5.74. The average molecular weight is 254 g/mol. The molecule has 0 aromatic heterocycles. The van der Waals surface area contributed by atoms with Crippen LogP contribution in [0.2, 0.25) is 0 Å². The number of carbonyl (C=O) groups is 1. The Labute approximate surface area is 106 Å². The van der Waals surface area contributed by atoms with Gasteiger partial charge in [-0.2, -0.15) is 0 Å². The summed E-state index contributed by atoms with van der Waals surface area (Å²) in [7, 11) is 1.59. The van der Waals surface area contributed by atoms with Crippen molar-refractivity contribution in [3.63, 3.8) is 0 Å². The summed E-state index contributed by atoms with van der Waals surface area (Å²) in [4.78, 5) is 11.6. The molecule has 0 radical (unpaired) electrons.